The molecule has 1 rings (SSSR count). The molecule has 6 nitrogen and oxygen atoms in total. The average molecular weight is 239 g/mol. The van der Waals surface area contributed by atoms with Crippen molar-refractivity contribution in [2.24, 2.45) is 22.7 Å². The van der Waals surface area contributed by atoms with Crippen molar-refractivity contribution in [3.05, 3.63) is 10.4 Å². The Morgan fingerprint density at radius 3 is 2.82 bits per heavy atom. The maximum Gasteiger partial charge on any atom is 0.237 e. The Balaban J connectivity index is 2.63. The van der Waals surface area contributed by atoms with Gasteiger partial charge in [-0.25, -0.2) is 0 Å². The van der Waals surface area contributed by atoms with Gasteiger partial charge in [-0.1, -0.05) is 19.0 Å². The lowest BCUT2D eigenvalue weighted by Crippen LogP contribution is -2.59. The van der Waals surface area contributed by atoms with Crippen LogP contribution in [0.4, 0.5) is 0 Å². The topological polar surface area (TPSA) is 104 Å². The first-order chi connectivity index (χ1) is 8.02. The fourth-order valence-electron chi connectivity index (χ4n) is 2.47. The molecule has 0 spiro atoms. The first-order valence-electron chi connectivity index (χ1n) is 6.07. The zero-order valence-corrected chi connectivity index (χ0v) is 10.5. The molecule has 0 aliphatic heterocycles. The monoisotopic (exact) mass is 239 g/mol. The number of carbonyl (C=O) groups is 1. The second kappa shape index (κ2) is 5.89. The number of hydrogen-bond donors (Lipinski definition) is 2. The molecule has 1 amide bonds. The summed E-state index contributed by atoms with van der Waals surface area (Å²) < 4.78 is 0. The first kappa shape index (κ1) is 13.8. The Kier molecular flexibility index (Phi) is 4.78. The fourth-order valence-corrected chi connectivity index (χ4v) is 2.47. The minimum Gasteiger partial charge on any atom is -0.368 e. The third-order valence-corrected chi connectivity index (χ3v) is 3.88. The number of nitrogens with zero attached hydrogens (tertiary/aromatic N) is 3. The highest BCUT2D eigenvalue weighted by Gasteiger charge is 2.41. The van der Waals surface area contributed by atoms with Gasteiger partial charge >= 0.3 is 0 Å². The van der Waals surface area contributed by atoms with Gasteiger partial charge in [-0.3, -0.25) is 4.79 Å². The van der Waals surface area contributed by atoms with E-state index in [1.807, 2.05) is 0 Å². The van der Waals surface area contributed by atoms with Gasteiger partial charge < -0.3 is 11.1 Å². The summed E-state index contributed by atoms with van der Waals surface area (Å²) in [4.78, 5) is 14.3. The van der Waals surface area contributed by atoms with Crippen molar-refractivity contribution >= 4 is 5.91 Å². The van der Waals surface area contributed by atoms with Crippen LogP contribution in [-0.4, -0.2) is 24.5 Å². The Bertz CT molecular complexity index is 326. The van der Waals surface area contributed by atoms with Crippen molar-refractivity contribution in [1.82, 2.24) is 5.32 Å². The van der Waals surface area contributed by atoms with Crippen molar-refractivity contribution in [3.63, 3.8) is 0 Å². The van der Waals surface area contributed by atoms with Crippen LogP contribution in [0.2, 0.25) is 0 Å². The summed E-state index contributed by atoms with van der Waals surface area (Å²) in [6.45, 7) is 5.19. The van der Waals surface area contributed by atoms with Crippen molar-refractivity contribution in [2.75, 3.05) is 13.1 Å². The van der Waals surface area contributed by atoms with E-state index in [9.17, 15) is 4.79 Å². The number of nitrogens with two attached hydrogens (primary N) is 1. The molecular weight excluding hydrogens is 218 g/mol. The lowest BCUT2D eigenvalue weighted by atomic mass is 9.71. The maximum absolute atomic E-state index is 11.6. The number of azide groups is 1. The van der Waals surface area contributed by atoms with Gasteiger partial charge in [-0.15, -0.1) is 0 Å². The predicted octanol–water partition coefficient (Wildman–Crippen LogP) is 1.57. The van der Waals surface area contributed by atoms with E-state index in [1.165, 1.54) is 0 Å². The fraction of sp³-hybridized carbons (Fsp3) is 0.909. The van der Waals surface area contributed by atoms with Gasteiger partial charge in [0.2, 0.25) is 5.91 Å². The molecule has 1 fully saturated rings. The number of primary amides is 1. The van der Waals surface area contributed by atoms with Gasteiger partial charge in [0.05, 0.1) is 5.54 Å². The summed E-state index contributed by atoms with van der Waals surface area (Å²) >= 11 is 0. The van der Waals surface area contributed by atoms with Crippen LogP contribution in [0.1, 0.15) is 33.1 Å². The van der Waals surface area contributed by atoms with E-state index in [4.69, 9.17) is 11.3 Å². The largest absolute Gasteiger partial charge is 0.368 e. The van der Waals surface area contributed by atoms with E-state index in [1.54, 1.807) is 0 Å². The molecule has 3 unspecified atom stereocenters. The van der Waals surface area contributed by atoms with Crippen LogP contribution in [0.15, 0.2) is 5.11 Å². The lowest BCUT2D eigenvalue weighted by Gasteiger charge is -2.41. The molecule has 96 valence electrons. The summed E-state index contributed by atoms with van der Waals surface area (Å²) in [7, 11) is 0. The molecule has 0 bridgehead atoms. The van der Waals surface area contributed by atoms with Crippen molar-refractivity contribution in [3.8, 4) is 0 Å². The second-order valence-electron chi connectivity index (χ2n) is 5.02. The van der Waals surface area contributed by atoms with E-state index in [0.717, 1.165) is 19.3 Å². The van der Waals surface area contributed by atoms with Gasteiger partial charge in [-0.05, 0) is 36.6 Å². The van der Waals surface area contributed by atoms with Crippen LogP contribution >= 0.6 is 0 Å². The van der Waals surface area contributed by atoms with Gasteiger partial charge in [0.25, 0.3) is 0 Å². The van der Waals surface area contributed by atoms with Crippen molar-refractivity contribution < 1.29 is 4.79 Å². The molecular formula is C11H21N5O. The summed E-state index contributed by atoms with van der Waals surface area (Å²) in [5.74, 6) is 0.807. The molecule has 6 heteroatoms. The van der Waals surface area contributed by atoms with Crippen LogP contribution in [0.25, 0.3) is 10.4 Å². The first-order valence-corrected chi connectivity index (χ1v) is 6.07. The molecule has 1 saturated carbocycles. The molecule has 0 radical (unpaired) electrons. The van der Waals surface area contributed by atoms with E-state index >= 15 is 0 Å². The molecule has 0 aromatic heterocycles. The highest BCUT2D eigenvalue weighted by atomic mass is 16.1. The highest BCUT2D eigenvalue weighted by molar-refractivity contribution is 5.84. The Morgan fingerprint density at radius 2 is 2.29 bits per heavy atom. The van der Waals surface area contributed by atoms with Crippen LogP contribution in [0, 0.1) is 11.8 Å². The number of amides is 1. The van der Waals surface area contributed by atoms with Gasteiger partial charge in [0, 0.05) is 18.0 Å². The Hall–Kier alpha value is -1.26. The zero-order valence-electron chi connectivity index (χ0n) is 10.5. The maximum atomic E-state index is 11.6. The second-order valence-corrected chi connectivity index (χ2v) is 5.02. The van der Waals surface area contributed by atoms with E-state index in [2.05, 4.69) is 29.2 Å². The predicted molar refractivity (Wildman–Crippen MR) is 66.1 cm³/mol. The number of hydrogen-bond acceptors (Lipinski definition) is 3. The molecule has 3 N–H and O–H groups in total. The molecule has 0 aromatic carbocycles. The van der Waals surface area contributed by atoms with Crippen LogP contribution in [0.5, 0.6) is 0 Å². The Morgan fingerprint density at radius 1 is 1.59 bits per heavy atom. The number of nitrogens with one attached hydrogen (secondary N) is 1. The van der Waals surface area contributed by atoms with Crippen LogP contribution in [0.3, 0.4) is 0 Å². The van der Waals surface area contributed by atoms with E-state index in [-0.39, 0.29) is 5.91 Å². The molecule has 0 saturated heterocycles. The van der Waals surface area contributed by atoms with E-state index in [0.29, 0.717) is 24.9 Å². The lowest BCUT2D eigenvalue weighted by molar-refractivity contribution is -0.126. The van der Waals surface area contributed by atoms with Crippen LogP contribution in [-0.2, 0) is 4.79 Å². The van der Waals surface area contributed by atoms with Gasteiger partial charge in [0.1, 0.15) is 0 Å². The Labute approximate surface area is 102 Å². The summed E-state index contributed by atoms with van der Waals surface area (Å²) in [5, 5.41) is 6.63. The third kappa shape index (κ3) is 3.35. The smallest absolute Gasteiger partial charge is 0.237 e. The molecule has 0 aromatic rings. The quantitative estimate of drug-likeness (QED) is 0.329. The highest BCUT2D eigenvalue weighted by Crippen LogP contribution is 2.35. The van der Waals surface area contributed by atoms with E-state index < -0.39 is 5.54 Å². The normalized spacial score (nSPS) is 32.8. The molecule has 0 heterocycles. The standard InChI is InChI=1S/C11H21N5O/c1-8-3-4-11(10(12)17,7-9(8)2)14-5-6-15-16-13/h8-9,14H,3-7H2,1-2H3,(H2,12,17). The van der Waals surface area contributed by atoms with Crippen molar-refractivity contribution in [2.45, 2.75) is 38.6 Å². The summed E-state index contributed by atoms with van der Waals surface area (Å²) in [6.07, 6.45) is 2.53. The minimum atomic E-state index is -0.614. The van der Waals surface area contributed by atoms with Gasteiger partial charge in [-0.2, -0.15) is 0 Å². The van der Waals surface area contributed by atoms with Crippen LogP contribution < -0.4 is 11.1 Å². The summed E-state index contributed by atoms with van der Waals surface area (Å²) in [6, 6.07) is 0. The third-order valence-electron chi connectivity index (χ3n) is 3.88. The molecule has 3 atom stereocenters. The average Bonchev–Trinajstić information content (AvgIpc) is 2.29. The van der Waals surface area contributed by atoms with Gasteiger partial charge in [0.15, 0.2) is 0 Å². The zero-order chi connectivity index (χ0) is 12.9. The number of rotatable bonds is 5. The molecule has 1 aliphatic carbocycles. The molecule has 1 aliphatic rings. The minimum absolute atomic E-state index is 0.294. The SMILES string of the molecule is CC1CCC(NCCN=[N+]=[N-])(C(N)=O)CC1C. The number of carbonyl (C=O) groups excluding carboxylic acids is 1. The molecule has 17 heavy (non-hydrogen) atoms. The van der Waals surface area contributed by atoms with Crippen molar-refractivity contribution in [1.29, 1.82) is 0 Å². The summed E-state index contributed by atoms with van der Waals surface area (Å²) in [5.41, 5.74) is 13.1.